The van der Waals surface area contributed by atoms with E-state index in [9.17, 15) is 4.79 Å². The molecule has 0 bridgehead atoms. The number of carbonyl (C=O) groups excluding carboxylic acids is 1. The van der Waals surface area contributed by atoms with Gasteiger partial charge in [-0.3, -0.25) is 14.6 Å². The molecule has 1 aliphatic heterocycles. The van der Waals surface area contributed by atoms with Gasteiger partial charge in [0.25, 0.3) is 0 Å². The van der Waals surface area contributed by atoms with Crippen molar-refractivity contribution < 1.29 is 19.0 Å². The number of piperazine rings is 1. The van der Waals surface area contributed by atoms with Crippen LogP contribution in [0.25, 0.3) is 0 Å². The third-order valence-electron chi connectivity index (χ3n) is 6.47. The summed E-state index contributed by atoms with van der Waals surface area (Å²) in [5.41, 5.74) is 1.08. The van der Waals surface area contributed by atoms with E-state index < -0.39 is 0 Å². The summed E-state index contributed by atoms with van der Waals surface area (Å²) < 4.78 is 16.5. The summed E-state index contributed by atoms with van der Waals surface area (Å²) in [4.78, 5) is 17.1. The minimum absolute atomic E-state index is 0.170. The lowest BCUT2D eigenvalue weighted by molar-refractivity contribution is -0.124. The second-order valence-corrected chi connectivity index (χ2v) is 8.48. The number of nitrogens with one attached hydrogen (secondary N) is 1. The van der Waals surface area contributed by atoms with Crippen LogP contribution in [0.15, 0.2) is 12.1 Å². The van der Waals surface area contributed by atoms with Crippen molar-refractivity contribution in [1.82, 2.24) is 15.1 Å². The lowest BCUT2D eigenvalue weighted by Gasteiger charge is -2.35. The van der Waals surface area contributed by atoms with Gasteiger partial charge in [-0.2, -0.15) is 0 Å². The molecule has 2 fully saturated rings. The Bertz CT molecular complexity index is 704. The topological polar surface area (TPSA) is 63.3 Å². The molecule has 1 aromatic rings. The number of ether oxygens (including phenoxy) is 3. The van der Waals surface area contributed by atoms with Gasteiger partial charge in [-0.15, -0.1) is 0 Å². The van der Waals surface area contributed by atoms with Crippen LogP contribution in [0.4, 0.5) is 0 Å². The van der Waals surface area contributed by atoms with E-state index in [1.807, 2.05) is 12.1 Å². The molecule has 1 saturated carbocycles. The van der Waals surface area contributed by atoms with Crippen molar-refractivity contribution in [2.45, 2.75) is 45.2 Å². The highest BCUT2D eigenvalue weighted by Gasteiger charge is 2.25. The van der Waals surface area contributed by atoms with E-state index in [0.717, 1.165) is 50.5 Å². The lowest BCUT2D eigenvalue weighted by Crippen LogP contribution is -2.51. The van der Waals surface area contributed by atoms with E-state index in [-0.39, 0.29) is 5.91 Å². The molecule has 2 aliphatic rings. The van der Waals surface area contributed by atoms with Gasteiger partial charge in [-0.25, -0.2) is 0 Å². The third-order valence-corrected chi connectivity index (χ3v) is 6.47. The Hall–Kier alpha value is -1.99. The minimum Gasteiger partial charge on any atom is -0.493 e. The molecule has 7 nitrogen and oxygen atoms in total. The number of hydrogen-bond donors (Lipinski definition) is 1. The fourth-order valence-electron chi connectivity index (χ4n) is 4.62. The first-order valence-corrected chi connectivity index (χ1v) is 11.1. The summed E-state index contributed by atoms with van der Waals surface area (Å²) in [6, 6.07) is 4.31. The van der Waals surface area contributed by atoms with Gasteiger partial charge < -0.3 is 19.5 Å². The number of nitrogens with zero attached hydrogens (tertiary/aromatic N) is 2. The number of methoxy groups -OCH3 is 3. The first-order chi connectivity index (χ1) is 14.5. The smallest absolute Gasteiger partial charge is 0.234 e. The SMILES string of the molecule is COc1ccc(CN2CCN(CC(=O)N[C@@H]3CCCC[C@H]3C)CC2)c(OC)c1OC. The quantitative estimate of drug-likeness (QED) is 0.699. The molecule has 0 unspecified atom stereocenters. The van der Waals surface area contributed by atoms with Crippen LogP contribution >= 0.6 is 0 Å². The Morgan fingerprint density at radius 3 is 2.27 bits per heavy atom. The number of benzene rings is 1. The summed E-state index contributed by atoms with van der Waals surface area (Å²) >= 11 is 0. The molecule has 168 valence electrons. The van der Waals surface area contributed by atoms with Crippen molar-refractivity contribution in [2.24, 2.45) is 5.92 Å². The fraction of sp³-hybridized carbons (Fsp3) is 0.696. The minimum atomic E-state index is 0.170. The number of amides is 1. The second kappa shape index (κ2) is 10.9. The first kappa shape index (κ1) is 22.7. The van der Waals surface area contributed by atoms with E-state index in [4.69, 9.17) is 14.2 Å². The Kier molecular flexibility index (Phi) is 8.22. The Morgan fingerprint density at radius 1 is 0.967 bits per heavy atom. The molecule has 0 aromatic heterocycles. The molecule has 0 spiro atoms. The van der Waals surface area contributed by atoms with Crippen LogP contribution in [-0.2, 0) is 11.3 Å². The van der Waals surface area contributed by atoms with E-state index in [1.165, 1.54) is 19.3 Å². The molecular weight excluding hydrogens is 382 g/mol. The molecule has 1 aromatic carbocycles. The largest absolute Gasteiger partial charge is 0.493 e. The normalized spacial score (nSPS) is 23.1. The van der Waals surface area contributed by atoms with Crippen LogP contribution in [0.2, 0.25) is 0 Å². The molecule has 2 atom stereocenters. The molecule has 1 aliphatic carbocycles. The van der Waals surface area contributed by atoms with Gasteiger partial charge in [-0.1, -0.05) is 25.8 Å². The zero-order chi connectivity index (χ0) is 21.5. The zero-order valence-electron chi connectivity index (χ0n) is 18.9. The predicted molar refractivity (Wildman–Crippen MR) is 117 cm³/mol. The van der Waals surface area contributed by atoms with E-state index >= 15 is 0 Å². The molecule has 7 heteroatoms. The van der Waals surface area contributed by atoms with Crippen molar-refractivity contribution >= 4 is 5.91 Å². The summed E-state index contributed by atoms with van der Waals surface area (Å²) in [7, 11) is 4.91. The molecule has 30 heavy (non-hydrogen) atoms. The highest BCUT2D eigenvalue weighted by atomic mass is 16.5. The molecule has 1 saturated heterocycles. The lowest BCUT2D eigenvalue weighted by atomic mass is 9.86. The molecule has 3 rings (SSSR count). The van der Waals surface area contributed by atoms with Gasteiger partial charge in [0.2, 0.25) is 11.7 Å². The highest BCUT2D eigenvalue weighted by molar-refractivity contribution is 5.78. The van der Waals surface area contributed by atoms with Crippen LogP contribution in [0.5, 0.6) is 17.2 Å². The summed E-state index contributed by atoms with van der Waals surface area (Å²) in [5, 5.41) is 3.27. The van der Waals surface area contributed by atoms with Crippen molar-refractivity contribution in [3.05, 3.63) is 17.7 Å². The molecule has 1 N–H and O–H groups in total. The maximum atomic E-state index is 12.5. The van der Waals surface area contributed by atoms with E-state index in [2.05, 4.69) is 22.0 Å². The predicted octanol–water partition coefficient (Wildman–Crippen LogP) is 2.52. The van der Waals surface area contributed by atoms with Crippen LogP contribution in [0.3, 0.4) is 0 Å². The monoisotopic (exact) mass is 419 g/mol. The van der Waals surface area contributed by atoms with Crippen LogP contribution in [-0.4, -0.2) is 75.8 Å². The Morgan fingerprint density at radius 2 is 1.63 bits per heavy atom. The first-order valence-electron chi connectivity index (χ1n) is 11.1. The Labute approximate surface area is 180 Å². The van der Waals surface area contributed by atoms with Gasteiger partial charge in [-0.05, 0) is 24.8 Å². The highest BCUT2D eigenvalue weighted by Crippen LogP contribution is 2.40. The third kappa shape index (κ3) is 5.58. The van der Waals surface area contributed by atoms with Gasteiger partial charge in [0.05, 0.1) is 27.9 Å². The number of carbonyl (C=O) groups is 1. The maximum Gasteiger partial charge on any atom is 0.234 e. The number of rotatable bonds is 8. The van der Waals surface area contributed by atoms with E-state index in [1.54, 1.807) is 21.3 Å². The maximum absolute atomic E-state index is 12.5. The van der Waals surface area contributed by atoms with Gasteiger partial charge in [0.1, 0.15) is 0 Å². The summed E-state index contributed by atoms with van der Waals surface area (Å²) in [6.45, 7) is 7.16. The summed E-state index contributed by atoms with van der Waals surface area (Å²) in [5.74, 6) is 2.78. The van der Waals surface area contributed by atoms with Crippen molar-refractivity contribution in [3.63, 3.8) is 0 Å². The molecule has 0 radical (unpaired) electrons. The fourth-order valence-corrected chi connectivity index (χ4v) is 4.62. The van der Waals surface area contributed by atoms with Crippen LogP contribution in [0, 0.1) is 5.92 Å². The zero-order valence-corrected chi connectivity index (χ0v) is 18.9. The molecular formula is C23H37N3O4. The summed E-state index contributed by atoms with van der Waals surface area (Å²) in [6.07, 6.45) is 4.87. The molecule has 1 heterocycles. The van der Waals surface area contributed by atoms with Crippen LogP contribution in [0.1, 0.15) is 38.2 Å². The van der Waals surface area contributed by atoms with Gasteiger partial charge in [0, 0.05) is 44.3 Å². The van der Waals surface area contributed by atoms with Gasteiger partial charge >= 0.3 is 0 Å². The van der Waals surface area contributed by atoms with Crippen molar-refractivity contribution in [2.75, 3.05) is 54.1 Å². The molecule has 1 amide bonds. The van der Waals surface area contributed by atoms with Crippen molar-refractivity contribution in [1.29, 1.82) is 0 Å². The average molecular weight is 420 g/mol. The standard InChI is InChI=1S/C23H37N3O4/c1-17-7-5-6-8-19(17)24-21(27)16-26-13-11-25(12-14-26)15-18-9-10-20(28-2)23(30-4)22(18)29-3/h9-10,17,19H,5-8,11-16H2,1-4H3,(H,24,27)/t17-,19-/m1/s1. The number of hydrogen-bond acceptors (Lipinski definition) is 6. The second-order valence-electron chi connectivity index (χ2n) is 8.48. The average Bonchev–Trinajstić information content (AvgIpc) is 2.76. The van der Waals surface area contributed by atoms with Crippen molar-refractivity contribution in [3.8, 4) is 17.2 Å². The van der Waals surface area contributed by atoms with Gasteiger partial charge in [0.15, 0.2) is 11.5 Å². The Balaban J connectivity index is 1.49. The van der Waals surface area contributed by atoms with E-state index in [0.29, 0.717) is 30.0 Å². The van der Waals surface area contributed by atoms with Crippen LogP contribution < -0.4 is 19.5 Å².